The van der Waals surface area contributed by atoms with Crippen molar-refractivity contribution in [2.24, 2.45) is 5.92 Å². The first kappa shape index (κ1) is 17.1. The zero-order valence-electron chi connectivity index (χ0n) is 11.8. The largest absolute Gasteiger partial charge is 0.465 e. The van der Waals surface area contributed by atoms with Crippen molar-refractivity contribution in [1.29, 1.82) is 0 Å². The van der Waals surface area contributed by atoms with Gasteiger partial charge in [0.15, 0.2) is 0 Å². The summed E-state index contributed by atoms with van der Waals surface area (Å²) in [6.45, 7) is 0.546. The fourth-order valence-corrected chi connectivity index (χ4v) is 2.52. The summed E-state index contributed by atoms with van der Waals surface area (Å²) in [4.78, 5) is 23.5. The van der Waals surface area contributed by atoms with E-state index in [0.717, 1.165) is 19.1 Å². The Morgan fingerprint density at radius 2 is 2.05 bits per heavy atom. The van der Waals surface area contributed by atoms with Gasteiger partial charge in [0, 0.05) is 6.42 Å². The first-order chi connectivity index (χ1) is 9.40. The molecule has 0 aromatic heterocycles. The Balaban J connectivity index is 2.17. The molecule has 1 heterocycles. The Morgan fingerprint density at radius 1 is 1.30 bits per heavy atom. The van der Waals surface area contributed by atoms with E-state index < -0.39 is 22.0 Å². The fourth-order valence-electron chi connectivity index (χ4n) is 2.10. The third kappa shape index (κ3) is 7.00. The minimum absolute atomic E-state index is 0.0686. The van der Waals surface area contributed by atoms with E-state index in [2.05, 4.69) is 4.18 Å². The van der Waals surface area contributed by atoms with Gasteiger partial charge < -0.3 is 4.74 Å². The Kier molecular flexibility index (Phi) is 7.15. The maximum atomic E-state index is 11.9. The van der Waals surface area contributed by atoms with Crippen LogP contribution in [0, 0.1) is 5.92 Å². The van der Waals surface area contributed by atoms with Crippen molar-refractivity contribution in [1.82, 2.24) is 0 Å². The molecule has 1 aliphatic rings. The third-order valence-corrected chi connectivity index (χ3v) is 3.76. The number of unbranched alkanes of at least 4 members (excludes halogenated alkanes) is 2. The molecule has 1 atom stereocenters. The molecule has 1 saturated heterocycles. The van der Waals surface area contributed by atoms with Crippen LogP contribution in [0.3, 0.4) is 0 Å². The van der Waals surface area contributed by atoms with E-state index in [1.807, 2.05) is 0 Å². The van der Waals surface area contributed by atoms with Crippen molar-refractivity contribution < 1.29 is 26.9 Å². The number of hydrogen-bond donors (Lipinski definition) is 0. The van der Waals surface area contributed by atoms with Gasteiger partial charge in [-0.25, -0.2) is 0 Å². The minimum Gasteiger partial charge on any atom is -0.465 e. The summed E-state index contributed by atoms with van der Waals surface area (Å²) in [6, 6.07) is 0. The molecule has 0 saturated carbocycles. The van der Waals surface area contributed by atoms with Crippen molar-refractivity contribution in [3.05, 3.63) is 0 Å². The number of carbonyl (C=O) groups is 2. The number of esters is 1. The van der Waals surface area contributed by atoms with Crippen LogP contribution in [0.25, 0.3) is 0 Å². The van der Waals surface area contributed by atoms with Crippen LogP contribution >= 0.6 is 0 Å². The summed E-state index contributed by atoms with van der Waals surface area (Å²) in [5, 5.41) is 0. The van der Waals surface area contributed by atoms with Gasteiger partial charge in [-0.2, -0.15) is 8.42 Å². The highest BCUT2D eigenvalue weighted by atomic mass is 32.2. The molecule has 1 unspecified atom stereocenters. The van der Waals surface area contributed by atoms with Crippen molar-refractivity contribution in [3.8, 4) is 0 Å². The summed E-state index contributed by atoms with van der Waals surface area (Å²) in [7, 11) is -3.38. The van der Waals surface area contributed by atoms with E-state index in [-0.39, 0.29) is 12.4 Å². The lowest BCUT2D eigenvalue weighted by Gasteiger charge is -2.10. The van der Waals surface area contributed by atoms with E-state index in [9.17, 15) is 18.0 Å². The van der Waals surface area contributed by atoms with Crippen LogP contribution in [0.2, 0.25) is 0 Å². The topological polar surface area (TPSA) is 86.7 Å². The molecule has 0 N–H and O–H groups in total. The number of ether oxygens (including phenoxy) is 1. The third-order valence-electron chi connectivity index (χ3n) is 3.17. The smallest absolute Gasteiger partial charge is 0.316 e. The summed E-state index contributed by atoms with van der Waals surface area (Å²) >= 11 is 0. The molecule has 6 nitrogen and oxygen atoms in total. The Hall–Kier alpha value is -0.950. The second-order valence-electron chi connectivity index (χ2n) is 5.02. The minimum atomic E-state index is -3.38. The van der Waals surface area contributed by atoms with Gasteiger partial charge >= 0.3 is 5.97 Å². The number of Topliss-reactive ketones (excluding diaryl/α,β-unsaturated/α-hetero) is 1. The predicted octanol–water partition coefficient (Wildman–Crippen LogP) is 1.44. The van der Waals surface area contributed by atoms with Crippen LogP contribution in [0.5, 0.6) is 0 Å². The van der Waals surface area contributed by atoms with E-state index >= 15 is 0 Å². The lowest BCUT2D eigenvalue weighted by atomic mass is 9.94. The molecule has 20 heavy (non-hydrogen) atoms. The van der Waals surface area contributed by atoms with Gasteiger partial charge in [0.2, 0.25) is 0 Å². The number of rotatable bonds is 8. The van der Waals surface area contributed by atoms with Crippen molar-refractivity contribution in [2.75, 3.05) is 19.5 Å². The zero-order valence-corrected chi connectivity index (χ0v) is 12.6. The maximum Gasteiger partial charge on any atom is 0.316 e. The molecule has 1 rings (SSSR count). The normalized spacial score (nSPS) is 20.2. The Bertz CT molecular complexity index is 428. The van der Waals surface area contributed by atoms with Gasteiger partial charge in [-0.3, -0.25) is 13.8 Å². The van der Waals surface area contributed by atoms with Crippen molar-refractivity contribution in [2.45, 2.75) is 44.9 Å². The van der Waals surface area contributed by atoms with Crippen LogP contribution in [0.15, 0.2) is 0 Å². The average Bonchev–Trinajstić information content (AvgIpc) is 2.56. The number of cyclic esters (lactones) is 1. The van der Waals surface area contributed by atoms with Gasteiger partial charge in [0.25, 0.3) is 10.1 Å². The second kappa shape index (κ2) is 8.36. The molecule has 116 valence electrons. The van der Waals surface area contributed by atoms with E-state index in [1.54, 1.807) is 0 Å². The molecule has 1 fully saturated rings. The monoisotopic (exact) mass is 306 g/mol. The molecule has 0 radical (unpaired) electrons. The standard InChI is InChI=1S/C13H22O6S/c1-20(16,17)19-10-5-2-3-8-12(14)11-7-4-6-9-18-13(11)15/h11H,2-10H2,1H3. The summed E-state index contributed by atoms with van der Waals surface area (Å²) < 4.78 is 31.0. The van der Waals surface area contributed by atoms with Gasteiger partial charge in [-0.15, -0.1) is 0 Å². The molecule has 7 heteroatoms. The van der Waals surface area contributed by atoms with E-state index in [0.29, 0.717) is 38.7 Å². The van der Waals surface area contributed by atoms with E-state index in [4.69, 9.17) is 4.74 Å². The highest BCUT2D eigenvalue weighted by Crippen LogP contribution is 2.19. The molecule has 0 spiro atoms. The van der Waals surface area contributed by atoms with Crippen LogP contribution in [0.1, 0.15) is 44.9 Å². The highest BCUT2D eigenvalue weighted by molar-refractivity contribution is 7.85. The van der Waals surface area contributed by atoms with Crippen LogP contribution in [-0.2, 0) is 28.6 Å². The number of carbonyl (C=O) groups excluding carboxylic acids is 2. The molecular weight excluding hydrogens is 284 g/mol. The molecule has 0 aromatic carbocycles. The first-order valence-electron chi connectivity index (χ1n) is 6.94. The van der Waals surface area contributed by atoms with Gasteiger partial charge in [-0.1, -0.05) is 6.42 Å². The van der Waals surface area contributed by atoms with Crippen molar-refractivity contribution in [3.63, 3.8) is 0 Å². The first-order valence-corrected chi connectivity index (χ1v) is 8.75. The highest BCUT2D eigenvalue weighted by Gasteiger charge is 2.28. The maximum absolute atomic E-state index is 11.9. The lowest BCUT2D eigenvalue weighted by molar-refractivity contribution is -0.150. The number of hydrogen-bond acceptors (Lipinski definition) is 6. The fraction of sp³-hybridized carbons (Fsp3) is 0.846. The Labute approximate surface area is 119 Å². The molecule has 0 bridgehead atoms. The molecule has 0 aromatic rings. The van der Waals surface area contributed by atoms with Gasteiger partial charge in [0.05, 0.1) is 19.5 Å². The quantitative estimate of drug-likeness (QED) is 0.292. The number of ketones is 1. The lowest BCUT2D eigenvalue weighted by Crippen LogP contribution is -2.24. The second-order valence-corrected chi connectivity index (χ2v) is 6.66. The van der Waals surface area contributed by atoms with Crippen molar-refractivity contribution >= 4 is 21.9 Å². The summed E-state index contributed by atoms with van der Waals surface area (Å²) in [5.74, 6) is -1.07. The van der Waals surface area contributed by atoms with Gasteiger partial charge in [-0.05, 0) is 32.1 Å². The molecular formula is C13H22O6S. The zero-order chi connectivity index (χ0) is 15.0. The van der Waals surface area contributed by atoms with Gasteiger partial charge in [0.1, 0.15) is 11.7 Å². The Morgan fingerprint density at radius 3 is 2.75 bits per heavy atom. The average molecular weight is 306 g/mol. The summed E-state index contributed by atoms with van der Waals surface area (Å²) in [6.07, 6.45) is 5.48. The molecule has 0 aliphatic carbocycles. The predicted molar refractivity (Wildman–Crippen MR) is 72.6 cm³/mol. The SMILES string of the molecule is CS(=O)(=O)OCCCCCC(=O)C1CCCCOC1=O. The molecule has 1 aliphatic heterocycles. The van der Waals surface area contributed by atoms with Crippen LogP contribution < -0.4 is 0 Å². The summed E-state index contributed by atoms with van der Waals surface area (Å²) in [5.41, 5.74) is 0. The molecule has 0 amide bonds. The van der Waals surface area contributed by atoms with Crippen LogP contribution in [0.4, 0.5) is 0 Å². The van der Waals surface area contributed by atoms with E-state index in [1.165, 1.54) is 0 Å². The van der Waals surface area contributed by atoms with Crippen LogP contribution in [-0.4, -0.2) is 39.6 Å².